The highest BCUT2D eigenvalue weighted by Gasteiger charge is 2.21. The summed E-state index contributed by atoms with van der Waals surface area (Å²) in [5.41, 5.74) is 0.619. The second kappa shape index (κ2) is 7.05. The van der Waals surface area contributed by atoms with Gasteiger partial charge < -0.3 is 15.3 Å². The summed E-state index contributed by atoms with van der Waals surface area (Å²) >= 11 is 0. The highest BCUT2D eigenvalue weighted by molar-refractivity contribution is 5.98. The van der Waals surface area contributed by atoms with Crippen LogP contribution in [0.25, 0.3) is 0 Å². The summed E-state index contributed by atoms with van der Waals surface area (Å²) in [4.78, 5) is 24.5. The van der Waals surface area contributed by atoms with Crippen LogP contribution in [0.5, 0.6) is 0 Å². The number of nitrogens with one attached hydrogen (secondary N) is 1. The van der Waals surface area contributed by atoms with Gasteiger partial charge in [-0.05, 0) is 25.0 Å². The summed E-state index contributed by atoms with van der Waals surface area (Å²) in [5.74, 6) is -1.21. The number of carboxylic acid groups (broad SMARTS) is 1. The summed E-state index contributed by atoms with van der Waals surface area (Å²) in [5, 5.41) is 12.2. The number of carbonyl (C=O) groups excluding carboxylic acids is 1. The molecule has 108 valence electrons. The van der Waals surface area contributed by atoms with Crippen molar-refractivity contribution in [1.82, 2.24) is 5.32 Å². The van der Waals surface area contributed by atoms with Gasteiger partial charge in [0.15, 0.2) is 0 Å². The van der Waals surface area contributed by atoms with Crippen LogP contribution in [-0.2, 0) is 9.59 Å². The monoisotopic (exact) mass is 276 g/mol. The van der Waals surface area contributed by atoms with Crippen LogP contribution in [0.2, 0.25) is 0 Å². The molecule has 1 aromatic rings. The van der Waals surface area contributed by atoms with E-state index in [2.05, 4.69) is 5.32 Å². The molecule has 0 aliphatic heterocycles. The van der Waals surface area contributed by atoms with Gasteiger partial charge in [0.2, 0.25) is 5.91 Å². The molecular formula is C15H20N2O3. The number of anilines is 1. The van der Waals surface area contributed by atoms with Crippen molar-refractivity contribution in [3.8, 4) is 0 Å². The Bertz CT molecular complexity index is 455. The summed E-state index contributed by atoms with van der Waals surface area (Å²) in [7, 11) is 0. The van der Waals surface area contributed by atoms with E-state index in [-0.39, 0.29) is 19.0 Å². The van der Waals surface area contributed by atoms with Crippen LogP contribution >= 0.6 is 0 Å². The van der Waals surface area contributed by atoms with Gasteiger partial charge in [-0.15, -0.1) is 0 Å². The van der Waals surface area contributed by atoms with Crippen molar-refractivity contribution >= 4 is 17.6 Å². The SMILES string of the molecule is O=C(O)CN(C(=O)CNC1CCCC1)c1ccccc1. The van der Waals surface area contributed by atoms with Crippen LogP contribution in [0.1, 0.15) is 25.7 Å². The zero-order valence-electron chi connectivity index (χ0n) is 11.4. The van der Waals surface area contributed by atoms with E-state index in [0.717, 1.165) is 12.8 Å². The Morgan fingerprint density at radius 1 is 1.20 bits per heavy atom. The van der Waals surface area contributed by atoms with Gasteiger partial charge in [-0.2, -0.15) is 0 Å². The third-order valence-electron chi connectivity index (χ3n) is 3.56. The molecule has 1 aliphatic rings. The summed E-state index contributed by atoms with van der Waals surface area (Å²) in [6.07, 6.45) is 4.59. The lowest BCUT2D eigenvalue weighted by Crippen LogP contribution is -2.43. The molecule has 1 amide bonds. The second-order valence-corrected chi connectivity index (χ2v) is 5.07. The molecule has 1 aliphatic carbocycles. The maximum Gasteiger partial charge on any atom is 0.323 e. The number of hydrogen-bond donors (Lipinski definition) is 2. The van der Waals surface area contributed by atoms with Crippen molar-refractivity contribution in [3.63, 3.8) is 0 Å². The van der Waals surface area contributed by atoms with Gasteiger partial charge in [0, 0.05) is 11.7 Å². The minimum atomic E-state index is -1.01. The first-order chi connectivity index (χ1) is 9.66. The van der Waals surface area contributed by atoms with Crippen molar-refractivity contribution in [1.29, 1.82) is 0 Å². The van der Waals surface area contributed by atoms with Crippen molar-refractivity contribution in [2.75, 3.05) is 18.0 Å². The van der Waals surface area contributed by atoms with Crippen LogP contribution in [0.3, 0.4) is 0 Å². The first-order valence-electron chi connectivity index (χ1n) is 6.97. The molecule has 2 N–H and O–H groups in total. The largest absolute Gasteiger partial charge is 0.480 e. The van der Waals surface area contributed by atoms with Crippen molar-refractivity contribution in [2.45, 2.75) is 31.7 Å². The number of carbonyl (C=O) groups is 2. The zero-order valence-corrected chi connectivity index (χ0v) is 11.4. The quantitative estimate of drug-likeness (QED) is 0.828. The maximum absolute atomic E-state index is 12.2. The topological polar surface area (TPSA) is 69.6 Å². The summed E-state index contributed by atoms with van der Waals surface area (Å²) in [6.45, 7) is -0.123. The Balaban J connectivity index is 1.98. The number of amides is 1. The molecule has 0 spiro atoms. The third kappa shape index (κ3) is 4.06. The van der Waals surface area contributed by atoms with Gasteiger partial charge >= 0.3 is 5.97 Å². The van der Waals surface area contributed by atoms with E-state index in [0.29, 0.717) is 11.7 Å². The van der Waals surface area contributed by atoms with Gasteiger partial charge in [0.05, 0.1) is 6.54 Å². The van der Waals surface area contributed by atoms with Crippen LogP contribution in [0.15, 0.2) is 30.3 Å². The molecule has 5 nitrogen and oxygen atoms in total. The molecule has 5 heteroatoms. The predicted octanol–water partition coefficient (Wildman–Crippen LogP) is 1.64. The zero-order chi connectivity index (χ0) is 14.4. The van der Waals surface area contributed by atoms with Gasteiger partial charge in [-0.3, -0.25) is 9.59 Å². The van der Waals surface area contributed by atoms with E-state index in [1.54, 1.807) is 24.3 Å². The lowest BCUT2D eigenvalue weighted by molar-refractivity contribution is -0.136. The van der Waals surface area contributed by atoms with Gasteiger partial charge in [-0.1, -0.05) is 31.0 Å². The summed E-state index contributed by atoms with van der Waals surface area (Å²) < 4.78 is 0. The second-order valence-electron chi connectivity index (χ2n) is 5.07. The molecule has 0 saturated heterocycles. The highest BCUT2D eigenvalue weighted by Crippen LogP contribution is 2.18. The number of aliphatic carboxylic acids is 1. The van der Waals surface area contributed by atoms with Crippen LogP contribution in [0.4, 0.5) is 5.69 Å². The molecule has 1 aromatic carbocycles. The Morgan fingerprint density at radius 3 is 2.45 bits per heavy atom. The first-order valence-corrected chi connectivity index (χ1v) is 6.97. The molecule has 0 atom stereocenters. The van der Waals surface area contributed by atoms with Crippen molar-refractivity contribution in [2.24, 2.45) is 0 Å². The third-order valence-corrected chi connectivity index (χ3v) is 3.56. The Hall–Kier alpha value is -1.88. The highest BCUT2D eigenvalue weighted by atomic mass is 16.4. The van der Waals surface area contributed by atoms with Crippen molar-refractivity contribution < 1.29 is 14.7 Å². The number of para-hydroxylation sites is 1. The molecule has 0 unspecified atom stereocenters. The minimum absolute atomic E-state index is 0.187. The summed E-state index contributed by atoms with van der Waals surface area (Å²) in [6, 6.07) is 9.31. The number of nitrogens with zero attached hydrogens (tertiary/aromatic N) is 1. The van der Waals surface area contributed by atoms with E-state index in [4.69, 9.17) is 5.11 Å². The maximum atomic E-state index is 12.2. The van der Waals surface area contributed by atoms with Gasteiger partial charge in [0.1, 0.15) is 6.54 Å². The van der Waals surface area contributed by atoms with E-state index in [1.165, 1.54) is 17.7 Å². The van der Waals surface area contributed by atoms with E-state index < -0.39 is 5.97 Å². The predicted molar refractivity (Wildman–Crippen MR) is 76.7 cm³/mol. The molecular weight excluding hydrogens is 256 g/mol. The fourth-order valence-corrected chi connectivity index (χ4v) is 2.52. The molecule has 1 fully saturated rings. The fraction of sp³-hybridized carbons (Fsp3) is 0.467. The lowest BCUT2D eigenvalue weighted by atomic mass is 10.2. The Morgan fingerprint density at radius 2 is 1.85 bits per heavy atom. The Kier molecular flexibility index (Phi) is 5.12. The molecule has 1 saturated carbocycles. The number of carboxylic acids is 1. The number of hydrogen-bond acceptors (Lipinski definition) is 3. The molecule has 20 heavy (non-hydrogen) atoms. The van der Waals surface area contributed by atoms with Crippen molar-refractivity contribution in [3.05, 3.63) is 30.3 Å². The molecule has 0 bridgehead atoms. The number of benzene rings is 1. The van der Waals surface area contributed by atoms with Gasteiger partial charge in [0.25, 0.3) is 0 Å². The normalized spacial score (nSPS) is 15.2. The Labute approximate surface area is 118 Å². The lowest BCUT2D eigenvalue weighted by Gasteiger charge is -2.22. The van der Waals surface area contributed by atoms with Crippen LogP contribution in [-0.4, -0.2) is 36.1 Å². The smallest absolute Gasteiger partial charge is 0.323 e. The average Bonchev–Trinajstić information content (AvgIpc) is 2.96. The molecule has 2 rings (SSSR count). The van der Waals surface area contributed by atoms with E-state index in [9.17, 15) is 9.59 Å². The van der Waals surface area contributed by atoms with Crippen LogP contribution < -0.4 is 10.2 Å². The molecule has 0 aromatic heterocycles. The number of rotatable bonds is 6. The standard InChI is InChI=1S/C15H20N2O3/c18-14(10-16-12-6-4-5-7-12)17(11-15(19)20)13-8-2-1-3-9-13/h1-3,8-9,12,16H,4-7,10-11H2,(H,19,20). The molecule has 0 radical (unpaired) electrons. The minimum Gasteiger partial charge on any atom is -0.480 e. The van der Waals surface area contributed by atoms with Crippen LogP contribution in [0, 0.1) is 0 Å². The fourth-order valence-electron chi connectivity index (χ4n) is 2.52. The average molecular weight is 276 g/mol. The van der Waals surface area contributed by atoms with Gasteiger partial charge in [-0.25, -0.2) is 0 Å². The van der Waals surface area contributed by atoms with E-state index in [1.807, 2.05) is 6.07 Å². The first kappa shape index (κ1) is 14.5. The van der Waals surface area contributed by atoms with E-state index >= 15 is 0 Å². The molecule has 0 heterocycles.